The first-order valence-corrected chi connectivity index (χ1v) is 6.51. The Labute approximate surface area is 104 Å². The predicted molar refractivity (Wildman–Crippen MR) is 68.7 cm³/mol. The molecule has 0 aliphatic heterocycles. The Morgan fingerprint density at radius 1 is 1.41 bits per heavy atom. The Bertz CT molecular complexity index is 248. The third kappa shape index (κ3) is 4.64. The number of carbonyl (C=O) groups excluding carboxylic acids is 1. The summed E-state index contributed by atoms with van der Waals surface area (Å²) in [5.74, 6) is 0.426. The molecule has 1 unspecified atom stereocenters. The fourth-order valence-electron chi connectivity index (χ4n) is 2.73. The summed E-state index contributed by atoms with van der Waals surface area (Å²) in [5, 5.41) is 0. The topological polar surface area (TPSA) is 55.6 Å². The third-order valence-electron chi connectivity index (χ3n) is 3.54. The number of esters is 1. The van der Waals surface area contributed by atoms with Gasteiger partial charge in [-0.25, -0.2) is 0 Å². The Balaban J connectivity index is 2.37. The van der Waals surface area contributed by atoms with Gasteiger partial charge >= 0.3 is 5.97 Å². The van der Waals surface area contributed by atoms with Crippen LogP contribution in [-0.4, -0.2) is 43.7 Å². The molecule has 0 radical (unpaired) electrons. The summed E-state index contributed by atoms with van der Waals surface area (Å²) in [4.78, 5) is 13.6. The van der Waals surface area contributed by atoms with Crippen LogP contribution in [0.1, 0.15) is 39.0 Å². The summed E-state index contributed by atoms with van der Waals surface area (Å²) in [6.45, 7) is 3.32. The standard InChI is InChI=1S/C13H26N2O2/c1-13(14,12(16)17-3)10-15(2)9-11-7-5-4-6-8-11/h11H,4-10,14H2,1-3H3. The van der Waals surface area contributed by atoms with Crippen molar-refractivity contribution in [1.29, 1.82) is 0 Å². The minimum absolute atomic E-state index is 0.340. The molecule has 1 saturated carbocycles. The van der Waals surface area contributed by atoms with Crippen molar-refractivity contribution in [2.75, 3.05) is 27.2 Å². The van der Waals surface area contributed by atoms with Crippen LogP contribution >= 0.6 is 0 Å². The Morgan fingerprint density at radius 2 is 2.00 bits per heavy atom. The molecule has 0 heterocycles. The van der Waals surface area contributed by atoms with Gasteiger partial charge in [0.1, 0.15) is 5.54 Å². The fourth-order valence-corrected chi connectivity index (χ4v) is 2.73. The van der Waals surface area contributed by atoms with E-state index in [-0.39, 0.29) is 5.97 Å². The van der Waals surface area contributed by atoms with E-state index in [0.717, 1.165) is 12.5 Å². The van der Waals surface area contributed by atoms with Gasteiger partial charge in [0.05, 0.1) is 7.11 Å². The summed E-state index contributed by atoms with van der Waals surface area (Å²) in [5.41, 5.74) is 5.06. The zero-order valence-electron chi connectivity index (χ0n) is 11.4. The number of hydrogen-bond donors (Lipinski definition) is 1. The average molecular weight is 242 g/mol. The van der Waals surface area contributed by atoms with Gasteiger partial charge in [0, 0.05) is 13.1 Å². The first-order valence-electron chi connectivity index (χ1n) is 6.51. The van der Waals surface area contributed by atoms with Crippen molar-refractivity contribution >= 4 is 5.97 Å². The van der Waals surface area contributed by atoms with Crippen LogP contribution in [0.15, 0.2) is 0 Å². The molecule has 0 amide bonds. The summed E-state index contributed by atoms with van der Waals surface area (Å²) in [6.07, 6.45) is 6.68. The van der Waals surface area contributed by atoms with Crippen LogP contribution in [-0.2, 0) is 9.53 Å². The lowest BCUT2D eigenvalue weighted by atomic mass is 9.88. The highest BCUT2D eigenvalue weighted by atomic mass is 16.5. The zero-order valence-corrected chi connectivity index (χ0v) is 11.4. The number of nitrogens with zero attached hydrogens (tertiary/aromatic N) is 1. The summed E-state index contributed by atoms with van der Waals surface area (Å²) in [6, 6.07) is 0. The van der Waals surface area contributed by atoms with Gasteiger partial charge in [-0.1, -0.05) is 19.3 Å². The minimum Gasteiger partial charge on any atom is -0.468 e. The second-order valence-electron chi connectivity index (χ2n) is 5.61. The van der Waals surface area contributed by atoms with Crippen molar-refractivity contribution in [3.8, 4) is 0 Å². The number of methoxy groups -OCH3 is 1. The Morgan fingerprint density at radius 3 is 2.53 bits per heavy atom. The number of likely N-dealkylation sites (N-methyl/N-ethyl adjacent to an activating group) is 1. The molecule has 0 aromatic rings. The molecule has 4 nitrogen and oxygen atoms in total. The summed E-state index contributed by atoms with van der Waals surface area (Å²) < 4.78 is 4.72. The maximum absolute atomic E-state index is 11.5. The lowest BCUT2D eigenvalue weighted by molar-refractivity contribution is -0.147. The van der Waals surface area contributed by atoms with Crippen molar-refractivity contribution in [1.82, 2.24) is 4.90 Å². The average Bonchev–Trinajstić information content (AvgIpc) is 2.28. The molecule has 2 N–H and O–H groups in total. The zero-order chi connectivity index (χ0) is 12.9. The molecule has 17 heavy (non-hydrogen) atoms. The SMILES string of the molecule is COC(=O)C(C)(N)CN(C)CC1CCCCC1. The maximum atomic E-state index is 11.5. The van der Waals surface area contributed by atoms with Crippen molar-refractivity contribution in [3.05, 3.63) is 0 Å². The molecule has 0 aromatic heterocycles. The van der Waals surface area contributed by atoms with E-state index in [1.807, 2.05) is 7.05 Å². The second kappa shape index (κ2) is 6.36. The monoisotopic (exact) mass is 242 g/mol. The lowest BCUT2D eigenvalue weighted by Gasteiger charge is -2.31. The molecule has 1 aliphatic rings. The van der Waals surface area contributed by atoms with Gasteiger partial charge in [0.15, 0.2) is 0 Å². The van der Waals surface area contributed by atoms with Crippen LogP contribution < -0.4 is 5.73 Å². The highest BCUT2D eigenvalue weighted by Crippen LogP contribution is 2.24. The van der Waals surface area contributed by atoms with E-state index < -0.39 is 5.54 Å². The van der Waals surface area contributed by atoms with Gasteiger partial charge in [-0.05, 0) is 32.7 Å². The Hall–Kier alpha value is -0.610. The van der Waals surface area contributed by atoms with E-state index in [1.54, 1.807) is 6.92 Å². The van der Waals surface area contributed by atoms with Crippen LogP contribution in [0.25, 0.3) is 0 Å². The van der Waals surface area contributed by atoms with Crippen LogP contribution in [0, 0.1) is 5.92 Å². The molecule has 1 atom stereocenters. The van der Waals surface area contributed by atoms with Crippen molar-refractivity contribution in [2.45, 2.75) is 44.6 Å². The van der Waals surface area contributed by atoms with Crippen LogP contribution in [0.5, 0.6) is 0 Å². The van der Waals surface area contributed by atoms with Gasteiger partial charge in [-0.15, -0.1) is 0 Å². The van der Waals surface area contributed by atoms with Gasteiger partial charge in [0.25, 0.3) is 0 Å². The molecule has 100 valence electrons. The highest BCUT2D eigenvalue weighted by Gasteiger charge is 2.31. The summed E-state index contributed by atoms with van der Waals surface area (Å²) in [7, 11) is 3.41. The second-order valence-corrected chi connectivity index (χ2v) is 5.61. The fraction of sp³-hybridized carbons (Fsp3) is 0.923. The van der Waals surface area contributed by atoms with E-state index in [0.29, 0.717) is 6.54 Å². The quantitative estimate of drug-likeness (QED) is 0.740. The molecule has 0 bridgehead atoms. The molecular weight excluding hydrogens is 216 g/mol. The number of hydrogen-bond acceptors (Lipinski definition) is 4. The molecule has 4 heteroatoms. The lowest BCUT2D eigenvalue weighted by Crippen LogP contribution is -2.54. The largest absolute Gasteiger partial charge is 0.468 e. The maximum Gasteiger partial charge on any atom is 0.326 e. The predicted octanol–water partition coefficient (Wildman–Crippen LogP) is 1.39. The number of rotatable bonds is 5. The first kappa shape index (κ1) is 14.5. The van der Waals surface area contributed by atoms with E-state index >= 15 is 0 Å². The Kier molecular flexibility index (Phi) is 5.40. The number of carbonyl (C=O) groups is 1. The smallest absolute Gasteiger partial charge is 0.326 e. The van der Waals surface area contributed by atoms with E-state index in [1.165, 1.54) is 39.2 Å². The normalized spacial score (nSPS) is 21.2. The number of nitrogens with two attached hydrogens (primary N) is 1. The molecule has 0 aromatic carbocycles. The molecular formula is C13H26N2O2. The van der Waals surface area contributed by atoms with E-state index in [9.17, 15) is 4.79 Å². The van der Waals surface area contributed by atoms with Gasteiger partial charge in [-0.3, -0.25) is 4.79 Å². The molecule has 1 fully saturated rings. The highest BCUT2D eigenvalue weighted by molar-refractivity contribution is 5.80. The number of ether oxygens (including phenoxy) is 1. The van der Waals surface area contributed by atoms with Crippen LogP contribution in [0.2, 0.25) is 0 Å². The van der Waals surface area contributed by atoms with Crippen molar-refractivity contribution in [3.63, 3.8) is 0 Å². The molecule has 1 aliphatic carbocycles. The molecule has 0 saturated heterocycles. The van der Waals surface area contributed by atoms with E-state index in [2.05, 4.69) is 4.90 Å². The molecule has 1 rings (SSSR count). The van der Waals surface area contributed by atoms with Gasteiger partial charge < -0.3 is 15.4 Å². The third-order valence-corrected chi connectivity index (χ3v) is 3.54. The van der Waals surface area contributed by atoms with Crippen LogP contribution in [0.3, 0.4) is 0 Å². The van der Waals surface area contributed by atoms with Crippen molar-refractivity contribution in [2.24, 2.45) is 11.7 Å². The first-order chi connectivity index (χ1) is 7.95. The van der Waals surface area contributed by atoms with Crippen LogP contribution in [0.4, 0.5) is 0 Å². The molecule has 0 spiro atoms. The van der Waals surface area contributed by atoms with Gasteiger partial charge in [-0.2, -0.15) is 0 Å². The minimum atomic E-state index is -0.905. The van der Waals surface area contributed by atoms with Crippen molar-refractivity contribution < 1.29 is 9.53 Å². The van der Waals surface area contributed by atoms with Gasteiger partial charge in [0.2, 0.25) is 0 Å². The van der Waals surface area contributed by atoms with E-state index in [4.69, 9.17) is 10.5 Å². The summed E-state index contributed by atoms with van der Waals surface area (Å²) >= 11 is 0.